The molecule has 0 heterocycles. The Balaban J connectivity index is 3.49. The van der Waals surface area contributed by atoms with E-state index in [1.54, 1.807) is 6.08 Å². The van der Waals surface area contributed by atoms with Crippen LogP contribution in [0.15, 0.2) is 24.3 Å². The van der Waals surface area contributed by atoms with Crippen LogP contribution >= 0.6 is 0 Å². The first kappa shape index (κ1) is 6.44. The Morgan fingerprint density at radius 3 is 2.57 bits per heavy atom. The van der Waals surface area contributed by atoms with Gasteiger partial charge in [-0.2, -0.15) is 0 Å². The summed E-state index contributed by atoms with van der Waals surface area (Å²) >= 11 is 0. The molecule has 0 aliphatic carbocycles. The van der Waals surface area contributed by atoms with Crippen LogP contribution in [0.4, 0.5) is 0 Å². The molecule has 0 rings (SSSR count). The highest BCUT2D eigenvalue weighted by Gasteiger charge is 1.71. The van der Waals surface area contributed by atoms with Crippen molar-refractivity contribution in [2.24, 2.45) is 5.73 Å². The lowest BCUT2D eigenvalue weighted by molar-refractivity contribution is 1.23. The van der Waals surface area contributed by atoms with E-state index >= 15 is 0 Å². The van der Waals surface area contributed by atoms with Gasteiger partial charge in [0, 0.05) is 6.54 Å². The van der Waals surface area contributed by atoms with E-state index in [0.717, 1.165) is 5.57 Å². The molecule has 7 heavy (non-hydrogen) atoms. The van der Waals surface area contributed by atoms with Crippen LogP contribution < -0.4 is 5.73 Å². The second kappa shape index (κ2) is 3.62. The van der Waals surface area contributed by atoms with Gasteiger partial charge in [-0.05, 0) is 6.92 Å². The van der Waals surface area contributed by atoms with Gasteiger partial charge in [-0.3, -0.25) is 0 Å². The highest BCUT2D eigenvalue weighted by Crippen LogP contribution is 1.88. The zero-order chi connectivity index (χ0) is 5.70. The predicted octanol–water partition coefficient (Wildman–Crippen LogP) is 1.08. The van der Waals surface area contributed by atoms with Gasteiger partial charge >= 0.3 is 0 Å². The van der Waals surface area contributed by atoms with Crippen molar-refractivity contribution in [2.75, 3.05) is 6.54 Å². The molecule has 1 heteroatoms. The number of hydrogen-bond donors (Lipinski definition) is 1. The lowest BCUT2D eigenvalue weighted by Crippen LogP contribution is -1.93. The molecule has 0 bridgehead atoms. The molecule has 2 N–H and O–H groups in total. The van der Waals surface area contributed by atoms with Crippen LogP contribution in [-0.4, -0.2) is 6.54 Å². The molecule has 0 radical (unpaired) electrons. The Morgan fingerprint density at radius 2 is 2.43 bits per heavy atom. The van der Waals surface area contributed by atoms with Crippen LogP contribution in [0, 0.1) is 0 Å². The smallest absolute Gasteiger partial charge is 0.0112 e. The summed E-state index contributed by atoms with van der Waals surface area (Å²) < 4.78 is 0. The highest BCUT2D eigenvalue weighted by atomic mass is 14.5. The first-order chi connectivity index (χ1) is 3.31. The van der Waals surface area contributed by atoms with E-state index in [2.05, 4.69) is 6.58 Å². The zero-order valence-electron chi connectivity index (χ0n) is 4.65. The summed E-state index contributed by atoms with van der Waals surface area (Å²) in [5.74, 6) is 0. The van der Waals surface area contributed by atoms with Gasteiger partial charge in [-0.15, -0.1) is 0 Å². The molecule has 0 unspecified atom stereocenters. The zero-order valence-corrected chi connectivity index (χ0v) is 4.65. The summed E-state index contributed by atoms with van der Waals surface area (Å²) in [6, 6.07) is 0. The molecule has 0 fully saturated rings. The van der Waals surface area contributed by atoms with E-state index in [-0.39, 0.29) is 0 Å². The Morgan fingerprint density at radius 1 is 1.86 bits per heavy atom. The van der Waals surface area contributed by atoms with E-state index in [1.165, 1.54) is 0 Å². The minimum Gasteiger partial charge on any atom is -0.327 e. The number of allylic oxidation sites excluding steroid dienone is 2. The molecular formula is C6H11N. The molecular weight excluding hydrogens is 86.1 g/mol. The van der Waals surface area contributed by atoms with Crippen LogP contribution in [0.2, 0.25) is 0 Å². The van der Waals surface area contributed by atoms with Crippen molar-refractivity contribution in [1.82, 2.24) is 0 Å². The minimum atomic E-state index is 0.609. The lowest BCUT2D eigenvalue weighted by atomic mass is 10.3. The maximum Gasteiger partial charge on any atom is 0.0112 e. The maximum atomic E-state index is 5.18. The fourth-order valence-corrected chi connectivity index (χ4v) is 0.269. The van der Waals surface area contributed by atoms with Crippen LogP contribution in [0.25, 0.3) is 0 Å². The number of rotatable bonds is 2. The average molecular weight is 97.2 g/mol. The normalized spacial score (nSPS) is 11.4. The van der Waals surface area contributed by atoms with E-state index in [0.29, 0.717) is 6.54 Å². The molecule has 0 aromatic rings. The lowest BCUT2D eigenvalue weighted by Gasteiger charge is -1.83. The summed E-state index contributed by atoms with van der Waals surface area (Å²) in [5, 5.41) is 0. The van der Waals surface area contributed by atoms with Crippen LogP contribution in [0.5, 0.6) is 0 Å². The minimum absolute atomic E-state index is 0.609. The summed E-state index contributed by atoms with van der Waals surface area (Å²) in [5.41, 5.74) is 6.32. The molecule has 0 aromatic carbocycles. The summed E-state index contributed by atoms with van der Waals surface area (Å²) in [7, 11) is 0. The fourth-order valence-electron chi connectivity index (χ4n) is 0.269. The van der Waals surface area contributed by atoms with Gasteiger partial charge in [0.2, 0.25) is 0 Å². The molecule has 0 aliphatic heterocycles. The van der Waals surface area contributed by atoms with Gasteiger partial charge in [-0.25, -0.2) is 0 Å². The van der Waals surface area contributed by atoms with Crippen molar-refractivity contribution < 1.29 is 0 Å². The first-order valence-electron chi connectivity index (χ1n) is 2.30. The van der Waals surface area contributed by atoms with Crippen molar-refractivity contribution in [3.8, 4) is 0 Å². The van der Waals surface area contributed by atoms with E-state index in [1.807, 2.05) is 13.0 Å². The second-order valence-corrected chi connectivity index (χ2v) is 1.39. The molecule has 40 valence electrons. The maximum absolute atomic E-state index is 5.18. The molecule has 0 aromatic heterocycles. The fraction of sp³-hybridized carbons (Fsp3) is 0.333. The third-order valence-corrected chi connectivity index (χ3v) is 0.762. The van der Waals surface area contributed by atoms with Gasteiger partial charge < -0.3 is 5.73 Å². The summed E-state index contributed by atoms with van der Waals surface area (Å²) in [6.07, 6.45) is 3.71. The van der Waals surface area contributed by atoms with Crippen molar-refractivity contribution in [3.05, 3.63) is 24.3 Å². The Hall–Kier alpha value is -0.560. The third-order valence-electron chi connectivity index (χ3n) is 0.762. The van der Waals surface area contributed by atoms with Crippen molar-refractivity contribution in [3.63, 3.8) is 0 Å². The van der Waals surface area contributed by atoms with Gasteiger partial charge in [0.15, 0.2) is 0 Å². The standard InChI is InChI=1S/C6H11N/c1-3-6(2)4-5-7/h3-4H,1,5,7H2,2H3/b6-4-. The molecule has 1 nitrogen and oxygen atoms in total. The summed E-state index contributed by atoms with van der Waals surface area (Å²) in [6.45, 7) is 6.14. The predicted molar refractivity (Wildman–Crippen MR) is 33.0 cm³/mol. The van der Waals surface area contributed by atoms with Gasteiger partial charge in [0.05, 0.1) is 0 Å². The number of hydrogen-bond acceptors (Lipinski definition) is 1. The van der Waals surface area contributed by atoms with Crippen molar-refractivity contribution in [2.45, 2.75) is 6.92 Å². The molecule has 0 saturated carbocycles. The quantitative estimate of drug-likeness (QED) is 0.512. The van der Waals surface area contributed by atoms with E-state index < -0.39 is 0 Å². The number of nitrogens with two attached hydrogens (primary N) is 1. The molecule has 0 aliphatic rings. The molecule has 0 amide bonds. The Kier molecular flexibility index (Phi) is 3.33. The second-order valence-electron chi connectivity index (χ2n) is 1.39. The SMILES string of the molecule is C=C/C(C)=C\CN. The molecule has 0 spiro atoms. The topological polar surface area (TPSA) is 26.0 Å². The van der Waals surface area contributed by atoms with Crippen LogP contribution in [-0.2, 0) is 0 Å². The highest BCUT2D eigenvalue weighted by molar-refractivity contribution is 5.12. The Bertz CT molecular complexity index is 82.2. The summed E-state index contributed by atoms with van der Waals surface area (Å²) in [4.78, 5) is 0. The van der Waals surface area contributed by atoms with Gasteiger partial charge in [0.1, 0.15) is 0 Å². The monoisotopic (exact) mass is 97.1 g/mol. The molecule has 0 saturated heterocycles. The van der Waals surface area contributed by atoms with Gasteiger partial charge in [0.25, 0.3) is 0 Å². The average Bonchev–Trinajstić information content (AvgIpc) is 1.68. The first-order valence-corrected chi connectivity index (χ1v) is 2.30. The van der Waals surface area contributed by atoms with Crippen molar-refractivity contribution in [1.29, 1.82) is 0 Å². The van der Waals surface area contributed by atoms with E-state index in [9.17, 15) is 0 Å². The van der Waals surface area contributed by atoms with Crippen molar-refractivity contribution >= 4 is 0 Å². The van der Waals surface area contributed by atoms with E-state index in [4.69, 9.17) is 5.73 Å². The van der Waals surface area contributed by atoms with Gasteiger partial charge in [-0.1, -0.05) is 24.3 Å². The largest absolute Gasteiger partial charge is 0.327 e. The van der Waals surface area contributed by atoms with Crippen LogP contribution in [0.1, 0.15) is 6.92 Å². The Labute approximate surface area is 44.5 Å². The van der Waals surface area contributed by atoms with Crippen LogP contribution in [0.3, 0.4) is 0 Å². The third kappa shape index (κ3) is 3.27. The molecule has 0 atom stereocenters.